The minimum absolute atomic E-state index is 0.183. The molecule has 4 nitrogen and oxygen atoms in total. The zero-order valence-corrected chi connectivity index (χ0v) is 9.17. The highest BCUT2D eigenvalue weighted by Gasteiger charge is 2.15. The fourth-order valence-electron chi connectivity index (χ4n) is 1.51. The van der Waals surface area contributed by atoms with Crippen molar-refractivity contribution in [2.45, 2.75) is 6.92 Å². The molecule has 1 heterocycles. The van der Waals surface area contributed by atoms with Gasteiger partial charge in [0.1, 0.15) is 0 Å². The van der Waals surface area contributed by atoms with Crippen LogP contribution in [0.1, 0.15) is 12.5 Å². The Morgan fingerprint density at radius 2 is 2.06 bits per heavy atom. The van der Waals surface area contributed by atoms with Crippen LogP contribution in [-0.4, -0.2) is 15.1 Å². The molecule has 2 rings (SSSR count). The van der Waals surface area contributed by atoms with Crippen LogP contribution in [0.15, 0.2) is 27.4 Å². The average molecular weight is 236 g/mol. The van der Waals surface area contributed by atoms with E-state index in [0.717, 1.165) is 0 Å². The molecule has 0 spiro atoms. The van der Waals surface area contributed by atoms with Gasteiger partial charge in [0.2, 0.25) is 0 Å². The number of aromatic hydroxyl groups is 2. The van der Waals surface area contributed by atoms with E-state index in [1.54, 1.807) is 6.92 Å². The lowest BCUT2D eigenvalue weighted by Crippen LogP contribution is -2.00. The van der Waals surface area contributed by atoms with E-state index < -0.39 is 5.63 Å². The SMILES string of the molecule is CC(=S)c1c(O)c(O)cc2ccc(=O)oc12. The summed E-state index contributed by atoms with van der Waals surface area (Å²) in [5.41, 5.74) is -0.159. The molecule has 16 heavy (non-hydrogen) atoms. The summed E-state index contributed by atoms with van der Waals surface area (Å²) in [5, 5.41) is 19.7. The van der Waals surface area contributed by atoms with Gasteiger partial charge in [0.05, 0.1) is 5.56 Å². The largest absolute Gasteiger partial charge is 0.504 e. The Morgan fingerprint density at radius 1 is 1.38 bits per heavy atom. The maximum Gasteiger partial charge on any atom is 0.336 e. The van der Waals surface area contributed by atoms with E-state index in [9.17, 15) is 15.0 Å². The van der Waals surface area contributed by atoms with Gasteiger partial charge >= 0.3 is 5.63 Å². The van der Waals surface area contributed by atoms with Crippen molar-refractivity contribution in [3.8, 4) is 11.5 Å². The Morgan fingerprint density at radius 3 is 2.69 bits per heavy atom. The molecule has 0 amide bonds. The van der Waals surface area contributed by atoms with E-state index in [1.165, 1.54) is 18.2 Å². The number of benzene rings is 1. The highest BCUT2D eigenvalue weighted by atomic mass is 32.1. The molecule has 1 aromatic heterocycles. The second-order valence-electron chi connectivity index (χ2n) is 3.35. The summed E-state index contributed by atoms with van der Waals surface area (Å²) in [6.45, 7) is 1.58. The number of rotatable bonds is 1. The van der Waals surface area contributed by atoms with E-state index in [-0.39, 0.29) is 22.6 Å². The first-order chi connectivity index (χ1) is 7.50. The Hall–Kier alpha value is -1.88. The topological polar surface area (TPSA) is 70.7 Å². The number of phenols is 2. The zero-order valence-electron chi connectivity index (χ0n) is 8.35. The Labute approximate surface area is 95.8 Å². The number of fused-ring (bicyclic) bond motifs is 1. The molecule has 0 atom stereocenters. The number of phenolic OH excluding ortho intramolecular Hbond substituents is 2. The molecule has 1 aromatic carbocycles. The van der Waals surface area contributed by atoms with Crippen molar-refractivity contribution in [3.05, 3.63) is 34.2 Å². The van der Waals surface area contributed by atoms with Gasteiger partial charge in [0.15, 0.2) is 17.1 Å². The van der Waals surface area contributed by atoms with Crippen LogP contribution in [0.2, 0.25) is 0 Å². The third-order valence-electron chi connectivity index (χ3n) is 2.21. The Bertz CT molecular complexity index is 642. The lowest BCUT2D eigenvalue weighted by Gasteiger charge is -2.07. The third kappa shape index (κ3) is 1.55. The Kier molecular flexibility index (Phi) is 2.40. The number of thiocarbonyl (C=S) groups is 1. The molecule has 2 N–H and O–H groups in total. The quantitative estimate of drug-likeness (QED) is 0.343. The van der Waals surface area contributed by atoms with Gasteiger partial charge in [-0.3, -0.25) is 0 Å². The number of hydrogen-bond donors (Lipinski definition) is 2. The average Bonchev–Trinajstić information content (AvgIpc) is 2.20. The molecule has 0 radical (unpaired) electrons. The first-order valence-electron chi connectivity index (χ1n) is 4.50. The summed E-state index contributed by atoms with van der Waals surface area (Å²) >= 11 is 4.95. The maximum atomic E-state index is 11.1. The fraction of sp³-hybridized carbons (Fsp3) is 0.0909. The van der Waals surface area contributed by atoms with Gasteiger partial charge in [-0.1, -0.05) is 12.2 Å². The van der Waals surface area contributed by atoms with Crippen LogP contribution in [0.25, 0.3) is 11.0 Å². The predicted molar refractivity (Wildman–Crippen MR) is 63.2 cm³/mol. The predicted octanol–water partition coefficient (Wildman–Crippen LogP) is 1.94. The lowest BCUT2D eigenvalue weighted by molar-refractivity contribution is 0.402. The van der Waals surface area contributed by atoms with Crippen LogP contribution in [-0.2, 0) is 0 Å². The van der Waals surface area contributed by atoms with Gasteiger partial charge in [0, 0.05) is 16.3 Å². The fourth-order valence-corrected chi connectivity index (χ4v) is 1.70. The smallest absolute Gasteiger partial charge is 0.336 e. The van der Waals surface area contributed by atoms with Gasteiger partial charge in [-0.15, -0.1) is 0 Å². The summed E-state index contributed by atoms with van der Waals surface area (Å²) in [5.74, 6) is -0.658. The van der Waals surface area contributed by atoms with E-state index in [1.807, 2.05) is 0 Å². The summed E-state index contributed by atoms with van der Waals surface area (Å²) in [7, 11) is 0. The summed E-state index contributed by atoms with van der Waals surface area (Å²) in [6.07, 6.45) is 0. The molecule has 0 aliphatic heterocycles. The van der Waals surface area contributed by atoms with Crippen molar-refractivity contribution in [1.82, 2.24) is 0 Å². The summed E-state index contributed by atoms with van der Waals surface area (Å²) in [6, 6.07) is 4.05. The lowest BCUT2D eigenvalue weighted by atomic mass is 10.1. The molecule has 0 saturated carbocycles. The minimum Gasteiger partial charge on any atom is -0.504 e. The minimum atomic E-state index is -0.532. The maximum absolute atomic E-state index is 11.1. The molecule has 0 saturated heterocycles. The first kappa shape index (κ1) is 10.6. The highest BCUT2D eigenvalue weighted by Crippen LogP contribution is 2.35. The normalized spacial score (nSPS) is 10.6. The van der Waals surface area contributed by atoms with Gasteiger partial charge in [-0.2, -0.15) is 0 Å². The van der Waals surface area contributed by atoms with Crippen LogP contribution in [0.3, 0.4) is 0 Å². The van der Waals surface area contributed by atoms with Crippen LogP contribution in [0, 0.1) is 0 Å². The summed E-state index contributed by atoms with van der Waals surface area (Å²) in [4.78, 5) is 11.4. The van der Waals surface area contributed by atoms with Crippen molar-refractivity contribution < 1.29 is 14.6 Å². The van der Waals surface area contributed by atoms with Crippen LogP contribution in [0.4, 0.5) is 0 Å². The van der Waals surface area contributed by atoms with Crippen molar-refractivity contribution in [3.63, 3.8) is 0 Å². The molecule has 0 unspecified atom stereocenters. The zero-order chi connectivity index (χ0) is 11.9. The van der Waals surface area contributed by atoms with Crippen molar-refractivity contribution in [1.29, 1.82) is 0 Å². The van der Waals surface area contributed by atoms with E-state index in [4.69, 9.17) is 16.6 Å². The monoisotopic (exact) mass is 236 g/mol. The van der Waals surface area contributed by atoms with Gasteiger partial charge in [-0.05, 0) is 19.1 Å². The van der Waals surface area contributed by atoms with Crippen LogP contribution >= 0.6 is 12.2 Å². The van der Waals surface area contributed by atoms with Crippen LogP contribution < -0.4 is 5.63 Å². The molecule has 0 bridgehead atoms. The molecule has 0 aliphatic rings. The molecule has 0 aliphatic carbocycles. The molecule has 2 aromatic rings. The molecule has 5 heteroatoms. The van der Waals surface area contributed by atoms with E-state index >= 15 is 0 Å². The van der Waals surface area contributed by atoms with Crippen molar-refractivity contribution >= 4 is 28.1 Å². The second-order valence-corrected chi connectivity index (χ2v) is 3.96. The molecule has 82 valence electrons. The van der Waals surface area contributed by atoms with E-state index in [2.05, 4.69) is 0 Å². The van der Waals surface area contributed by atoms with Crippen molar-refractivity contribution in [2.75, 3.05) is 0 Å². The first-order valence-corrected chi connectivity index (χ1v) is 4.91. The number of hydrogen-bond acceptors (Lipinski definition) is 5. The van der Waals surface area contributed by atoms with Crippen LogP contribution in [0.5, 0.6) is 11.5 Å². The highest BCUT2D eigenvalue weighted by molar-refractivity contribution is 7.80. The standard InChI is InChI=1S/C11H8O4S/c1-5(16)9-10(14)7(12)4-6-2-3-8(13)15-11(6)9/h2-4,12,14H,1H3. The Balaban J connectivity index is 3.02. The van der Waals surface area contributed by atoms with Gasteiger partial charge < -0.3 is 14.6 Å². The van der Waals surface area contributed by atoms with Crippen molar-refractivity contribution in [2.24, 2.45) is 0 Å². The van der Waals surface area contributed by atoms with Gasteiger partial charge in [0.25, 0.3) is 0 Å². The second kappa shape index (κ2) is 3.61. The van der Waals surface area contributed by atoms with E-state index in [0.29, 0.717) is 10.3 Å². The third-order valence-corrected chi connectivity index (χ3v) is 2.42. The summed E-state index contributed by atoms with van der Waals surface area (Å²) < 4.78 is 4.98. The molecule has 0 fully saturated rings. The molecular weight excluding hydrogens is 228 g/mol. The van der Waals surface area contributed by atoms with Gasteiger partial charge in [-0.25, -0.2) is 4.79 Å². The molecular formula is C11H8O4S.